The van der Waals surface area contributed by atoms with Crippen LogP contribution in [0.4, 0.5) is 0 Å². The number of unbranched alkanes of at least 4 members (excludes halogenated alkanes) is 1. The smallest absolute Gasteiger partial charge is 0.135 e. The van der Waals surface area contributed by atoms with Gasteiger partial charge < -0.3 is 4.42 Å². The molecule has 0 bridgehead atoms. The quantitative estimate of drug-likeness (QED) is 0.649. The fourth-order valence-corrected chi connectivity index (χ4v) is 3.13. The lowest BCUT2D eigenvalue weighted by molar-refractivity contribution is 0.510. The summed E-state index contributed by atoms with van der Waals surface area (Å²) >= 11 is 1.80. The van der Waals surface area contributed by atoms with Crippen LogP contribution in [0.2, 0.25) is 0 Å². The molecule has 98 valence electrons. The lowest BCUT2D eigenvalue weighted by Crippen LogP contribution is -1.86. The second-order valence-corrected chi connectivity index (χ2v) is 5.90. The number of benzene rings is 1. The van der Waals surface area contributed by atoms with Crippen molar-refractivity contribution in [1.82, 2.24) is 0 Å². The Balaban J connectivity index is 2.47. The minimum atomic E-state index is 0.443. The van der Waals surface area contributed by atoms with Crippen molar-refractivity contribution in [3.8, 4) is 0 Å². The molecule has 0 fully saturated rings. The van der Waals surface area contributed by atoms with Gasteiger partial charge in [0.2, 0.25) is 0 Å². The lowest BCUT2D eigenvalue weighted by atomic mass is 10.1. The monoisotopic (exact) mass is 262 g/mol. The van der Waals surface area contributed by atoms with E-state index in [0.717, 1.165) is 11.3 Å². The van der Waals surface area contributed by atoms with E-state index in [9.17, 15) is 0 Å². The van der Waals surface area contributed by atoms with Gasteiger partial charge in [0.1, 0.15) is 11.3 Å². The van der Waals surface area contributed by atoms with E-state index < -0.39 is 0 Å². The summed E-state index contributed by atoms with van der Waals surface area (Å²) in [5, 5.41) is 1.29. The molecule has 0 amide bonds. The van der Waals surface area contributed by atoms with Crippen molar-refractivity contribution in [2.45, 2.75) is 50.8 Å². The SMILES string of the molecule is CCCCc1ccc2oc(C(C)C)c(SC)c2c1. The predicted octanol–water partition coefficient (Wildman–Crippen LogP) is 5.62. The van der Waals surface area contributed by atoms with E-state index >= 15 is 0 Å². The summed E-state index contributed by atoms with van der Waals surface area (Å²) in [6.45, 7) is 6.62. The van der Waals surface area contributed by atoms with Gasteiger partial charge in [-0.1, -0.05) is 33.3 Å². The molecule has 0 saturated heterocycles. The van der Waals surface area contributed by atoms with Crippen molar-refractivity contribution in [3.05, 3.63) is 29.5 Å². The number of aryl methyl sites for hydroxylation is 1. The molecule has 1 heterocycles. The van der Waals surface area contributed by atoms with Gasteiger partial charge >= 0.3 is 0 Å². The zero-order chi connectivity index (χ0) is 13.1. The summed E-state index contributed by atoms with van der Waals surface area (Å²) in [5.74, 6) is 1.57. The molecule has 1 nitrogen and oxygen atoms in total. The van der Waals surface area contributed by atoms with Gasteiger partial charge in [0.05, 0.1) is 4.90 Å². The third-order valence-electron chi connectivity index (χ3n) is 3.28. The van der Waals surface area contributed by atoms with E-state index in [1.807, 2.05) is 0 Å². The fourth-order valence-electron chi connectivity index (χ4n) is 2.27. The molecule has 0 aliphatic rings. The van der Waals surface area contributed by atoms with Crippen LogP contribution in [0.15, 0.2) is 27.5 Å². The van der Waals surface area contributed by atoms with Crippen LogP contribution >= 0.6 is 11.8 Å². The van der Waals surface area contributed by atoms with E-state index in [2.05, 4.69) is 45.2 Å². The summed E-state index contributed by atoms with van der Waals surface area (Å²) < 4.78 is 5.99. The van der Waals surface area contributed by atoms with E-state index in [1.54, 1.807) is 11.8 Å². The number of hydrogen-bond donors (Lipinski definition) is 0. The highest BCUT2D eigenvalue weighted by atomic mass is 32.2. The van der Waals surface area contributed by atoms with Crippen molar-refractivity contribution >= 4 is 22.7 Å². The zero-order valence-electron chi connectivity index (χ0n) is 11.7. The minimum absolute atomic E-state index is 0.443. The molecule has 1 aromatic carbocycles. The first kappa shape index (κ1) is 13.5. The molecule has 0 spiro atoms. The molecule has 2 aromatic rings. The standard InChI is InChI=1S/C16H22OS/c1-5-6-7-12-8-9-14-13(10-12)16(18-4)15(17-14)11(2)3/h8-11H,5-7H2,1-4H3. The van der Waals surface area contributed by atoms with Crippen molar-refractivity contribution < 1.29 is 4.42 Å². The largest absolute Gasteiger partial charge is 0.460 e. The first-order chi connectivity index (χ1) is 8.67. The van der Waals surface area contributed by atoms with Crippen LogP contribution < -0.4 is 0 Å². The Morgan fingerprint density at radius 1 is 1.28 bits per heavy atom. The third-order valence-corrected chi connectivity index (χ3v) is 4.11. The average Bonchev–Trinajstić information content (AvgIpc) is 2.74. The Kier molecular flexibility index (Phi) is 4.39. The third kappa shape index (κ3) is 2.59. The van der Waals surface area contributed by atoms with Crippen LogP contribution in [0.5, 0.6) is 0 Å². The number of fused-ring (bicyclic) bond motifs is 1. The Bertz CT molecular complexity index is 525. The highest BCUT2D eigenvalue weighted by Crippen LogP contribution is 2.37. The Hall–Kier alpha value is -0.890. The molecule has 0 unspecified atom stereocenters. The van der Waals surface area contributed by atoms with Gasteiger partial charge in [0.25, 0.3) is 0 Å². The summed E-state index contributed by atoms with van der Waals surface area (Å²) in [4.78, 5) is 1.32. The van der Waals surface area contributed by atoms with Crippen LogP contribution in [-0.2, 0) is 6.42 Å². The van der Waals surface area contributed by atoms with Gasteiger partial charge in [-0.25, -0.2) is 0 Å². The lowest BCUT2D eigenvalue weighted by Gasteiger charge is -2.02. The molecule has 0 atom stereocenters. The molecule has 0 aliphatic carbocycles. The molecule has 1 aromatic heterocycles. The summed E-state index contributed by atoms with van der Waals surface area (Å²) in [5.41, 5.74) is 2.46. The van der Waals surface area contributed by atoms with E-state index in [0.29, 0.717) is 5.92 Å². The second kappa shape index (κ2) is 5.83. The van der Waals surface area contributed by atoms with Gasteiger partial charge in [-0.2, -0.15) is 0 Å². The van der Waals surface area contributed by atoms with Crippen molar-refractivity contribution in [3.63, 3.8) is 0 Å². The van der Waals surface area contributed by atoms with Crippen LogP contribution in [0.1, 0.15) is 50.9 Å². The van der Waals surface area contributed by atoms with E-state index in [-0.39, 0.29) is 0 Å². The average molecular weight is 262 g/mol. The van der Waals surface area contributed by atoms with Gasteiger partial charge in [0.15, 0.2) is 0 Å². The van der Waals surface area contributed by atoms with Crippen molar-refractivity contribution in [2.75, 3.05) is 6.26 Å². The summed E-state index contributed by atoms with van der Waals surface area (Å²) in [6, 6.07) is 6.65. The molecule has 0 saturated carbocycles. The molecular weight excluding hydrogens is 240 g/mol. The molecule has 0 aliphatic heterocycles. The van der Waals surface area contributed by atoms with Gasteiger partial charge in [-0.15, -0.1) is 11.8 Å². The maximum atomic E-state index is 5.99. The predicted molar refractivity (Wildman–Crippen MR) is 80.7 cm³/mol. The van der Waals surface area contributed by atoms with Gasteiger partial charge in [-0.05, 0) is 36.8 Å². The number of furan rings is 1. The molecule has 0 radical (unpaired) electrons. The van der Waals surface area contributed by atoms with Crippen LogP contribution in [-0.4, -0.2) is 6.26 Å². The van der Waals surface area contributed by atoms with E-state index in [1.165, 1.54) is 35.1 Å². The molecule has 18 heavy (non-hydrogen) atoms. The Morgan fingerprint density at radius 3 is 2.67 bits per heavy atom. The van der Waals surface area contributed by atoms with Crippen LogP contribution in [0.25, 0.3) is 11.0 Å². The molecule has 0 N–H and O–H groups in total. The molecule has 2 heteroatoms. The number of rotatable bonds is 5. The second-order valence-electron chi connectivity index (χ2n) is 5.09. The number of hydrogen-bond acceptors (Lipinski definition) is 2. The minimum Gasteiger partial charge on any atom is -0.460 e. The van der Waals surface area contributed by atoms with Crippen molar-refractivity contribution in [2.24, 2.45) is 0 Å². The normalized spacial score (nSPS) is 11.6. The fraction of sp³-hybridized carbons (Fsp3) is 0.500. The summed E-state index contributed by atoms with van der Waals surface area (Å²) in [6.07, 6.45) is 5.81. The maximum absolute atomic E-state index is 5.99. The van der Waals surface area contributed by atoms with Crippen LogP contribution in [0.3, 0.4) is 0 Å². The molecule has 2 rings (SSSR count). The Labute approximate surface area is 114 Å². The maximum Gasteiger partial charge on any atom is 0.135 e. The zero-order valence-corrected chi connectivity index (χ0v) is 12.6. The first-order valence-corrected chi connectivity index (χ1v) is 7.99. The highest BCUT2D eigenvalue weighted by Gasteiger charge is 2.16. The van der Waals surface area contributed by atoms with Crippen LogP contribution in [0, 0.1) is 0 Å². The van der Waals surface area contributed by atoms with Gasteiger partial charge in [-0.3, -0.25) is 0 Å². The van der Waals surface area contributed by atoms with Gasteiger partial charge in [0, 0.05) is 11.3 Å². The highest BCUT2D eigenvalue weighted by molar-refractivity contribution is 7.98. The topological polar surface area (TPSA) is 13.1 Å². The summed E-state index contributed by atoms with van der Waals surface area (Å²) in [7, 11) is 0. The van der Waals surface area contributed by atoms with E-state index in [4.69, 9.17) is 4.42 Å². The van der Waals surface area contributed by atoms with Crippen molar-refractivity contribution in [1.29, 1.82) is 0 Å². The molecular formula is C16H22OS. The number of thioether (sulfide) groups is 1. The first-order valence-electron chi connectivity index (χ1n) is 6.76. The Morgan fingerprint density at radius 2 is 2.06 bits per heavy atom.